The summed E-state index contributed by atoms with van der Waals surface area (Å²) in [4.78, 5) is 35.5. The normalized spacial score (nSPS) is 19.6. The largest absolute Gasteiger partial charge is 0.480 e. The smallest absolute Gasteiger partial charge is 0.320 e. The number of benzene rings is 2. The number of nitrogens with one attached hydrogen (secondary N) is 3. The van der Waals surface area contributed by atoms with Gasteiger partial charge in [0.25, 0.3) is 0 Å². The van der Waals surface area contributed by atoms with Crippen LogP contribution in [0.15, 0.2) is 42.5 Å². The Balaban J connectivity index is 1.72. The highest BCUT2D eigenvalue weighted by Gasteiger charge is 2.33. The van der Waals surface area contributed by atoms with Gasteiger partial charge in [0, 0.05) is 16.6 Å². The minimum Gasteiger partial charge on any atom is -0.480 e. The molecule has 0 saturated carbocycles. The number of aliphatic carboxylic acids is 1. The van der Waals surface area contributed by atoms with Crippen molar-refractivity contribution in [1.29, 1.82) is 0 Å². The molecule has 0 bridgehead atoms. The maximum atomic E-state index is 14.1. The summed E-state index contributed by atoms with van der Waals surface area (Å²) in [5, 5.41) is 12.5. The van der Waals surface area contributed by atoms with Crippen molar-refractivity contribution in [3.8, 4) is 11.1 Å². The summed E-state index contributed by atoms with van der Waals surface area (Å²) < 4.78 is 14.1. The van der Waals surface area contributed by atoms with Crippen LogP contribution in [-0.2, 0) is 20.8 Å². The Morgan fingerprint density at radius 3 is 2.45 bits per heavy atom. The van der Waals surface area contributed by atoms with Gasteiger partial charge in [-0.25, -0.2) is 15.2 Å². The zero-order valence-electron chi connectivity index (χ0n) is 18.0. The molecule has 1 fully saturated rings. The van der Waals surface area contributed by atoms with Crippen LogP contribution in [0.4, 0.5) is 4.39 Å². The molecule has 1 heterocycles. The third kappa shape index (κ3) is 6.58. The number of carbonyl (C=O) groups excluding carboxylic acids is 2. The van der Waals surface area contributed by atoms with Crippen molar-refractivity contribution < 1.29 is 23.9 Å². The molecule has 2 aromatic carbocycles. The number of nitrogens with two attached hydrogens (primary N) is 1. The highest BCUT2D eigenvalue weighted by molar-refractivity contribution is 6.30. The number of hydrazine groups is 1. The average molecular weight is 477 g/mol. The van der Waals surface area contributed by atoms with Gasteiger partial charge in [0.15, 0.2) is 0 Å². The number of rotatable bonds is 9. The number of carboxylic acid groups (broad SMARTS) is 1. The van der Waals surface area contributed by atoms with Gasteiger partial charge in [-0.15, -0.1) is 0 Å². The molecular weight excluding hydrogens is 451 g/mol. The lowest BCUT2D eigenvalue weighted by atomic mass is 9.96. The van der Waals surface area contributed by atoms with E-state index in [1.807, 2.05) is 0 Å². The van der Waals surface area contributed by atoms with Gasteiger partial charge >= 0.3 is 5.97 Å². The molecule has 0 radical (unpaired) electrons. The van der Waals surface area contributed by atoms with Crippen LogP contribution in [0.2, 0.25) is 5.02 Å². The lowest BCUT2D eigenvalue weighted by molar-refractivity contribution is -0.139. The molecule has 2 unspecified atom stereocenters. The minimum absolute atomic E-state index is 0.0159. The Morgan fingerprint density at radius 1 is 1.18 bits per heavy atom. The second-order valence-electron chi connectivity index (χ2n) is 8.15. The van der Waals surface area contributed by atoms with Crippen LogP contribution in [0.25, 0.3) is 11.1 Å². The molecular formula is C23H26ClFN4O4. The predicted octanol–water partition coefficient (Wildman–Crippen LogP) is 1.80. The molecule has 1 aliphatic heterocycles. The van der Waals surface area contributed by atoms with Crippen LogP contribution in [0.5, 0.6) is 0 Å². The minimum atomic E-state index is -1.17. The van der Waals surface area contributed by atoms with E-state index in [-0.39, 0.29) is 18.1 Å². The van der Waals surface area contributed by atoms with Gasteiger partial charge in [0.05, 0.1) is 6.04 Å². The number of Topliss-reactive ketones (excluding diaryl/α,β-unsaturated/α-hetero) is 1. The molecule has 1 amide bonds. The van der Waals surface area contributed by atoms with E-state index in [1.165, 1.54) is 25.1 Å². The van der Waals surface area contributed by atoms with Gasteiger partial charge in [0.2, 0.25) is 5.91 Å². The van der Waals surface area contributed by atoms with Crippen molar-refractivity contribution in [2.45, 2.75) is 50.4 Å². The Bertz CT molecular complexity index is 1030. The summed E-state index contributed by atoms with van der Waals surface area (Å²) in [5.41, 5.74) is 13.1. The molecule has 1 aliphatic rings. The molecule has 8 nitrogen and oxygen atoms in total. The lowest BCUT2D eigenvalue weighted by Crippen LogP contribution is -2.49. The topological polar surface area (TPSA) is 134 Å². The molecule has 2 aromatic rings. The zero-order chi connectivity index (χ0) is 24.1. The van der Waals surface area contributed by atoms with Gasteiger partial charge in [0.1, 0.15) is 23.7 Å². The Kier molecular flexibility index (Phi) is 8.15. The molecule has 6 N–H and O–H groups in total. The summed E-state index contributed by atoms with van der Waals surface area (Å²) in [6.45, 7) is 1.44. The lowest BCUT2D eigenvalue weighted by Gasteiger charge is -2.22. The van der Waals surface area contributed by atoms with Gasteiger partial charge in [-0.2, -0.15) is 0 Å². The van der Waals surface area contributed by atoms with Crippen LogP contribution in [0.1, 0.15) is 25.3 Å². The van der Waals surface area contributed by atoms with E-state index in [4.69, 9.17) is 17.3 Å². The standard InChI is InChI=1S/C23H26ClFN4O4/c1-12(30)20-11-21(29-28-20)22(31)27-16(10-19(26)23(32)33)8-13-2-4-14(5-3-13)17-9-15(24)6-7-18(17)25/h2-7,9,16,19-21,28-29H,8,10-11,26H2,1H3,(H,27,31)(H,32,33)/t16-,19-,20?,21?/m1/s1. The fourth-order valence-corrected chi connectivity index (χ4v) is 3.89. The first-order valence-electron chi connectivity index (χ1n) is 10.5. The maximum Gasteiger partial charge on any atom is 0.320 e. The summed E-state index contributed by atoms with van der Waals surface area (Å²) in [6, 6.07) is 8.54. The molecule has 33 heavy (non-hydrogen) atoms. The molecule has 0 aliphatic carbocycles. The number of halogens is 2. The van der Waals surface area contributed by atoms with E-state index < -0.39 is 36.0 Å². The number of amides is 1. The fraction of sp³-hybridized carbons (Fsp3) is 0.348. The monoisotopic (exact) mass is 476 g/mol. The van der Waals surface area contributed by atoms with Crippen molar-refractivity contribution in [2.24, 2.45) is 5.73 Å². The molecule has 1 saturated heterocycles. The Morgan fingerprint density at radius 2 is 1.85 bits per heavy atom. The average Bonchev–Trinajstić information content (AvgIpc) is 3.27. The van der Waals surface area contributed by atoms with Gasteiger partial charge in [-0.05, 0) is 55.5 Å². The summed E-state index contributed by atoms with van der Waals surface area (Å²) >= 11 is 5.97. The third-order valence-corrected chi connectivity index (χ3v) is 5.82. The van der Waals surface area contributed by atoms with Crippen molar-refractivity contribution >= 4 is 29.3 Å². The third-order valence-electron chi connectivity index (χ3n) is 5.59. The van der Waals surface area contributed by atoms with E-state index in [0.717, 1.165) is 5.56 Å². The number of ketones is 1. The summed E-state index contributed by atoms with van der Waals surface area (Å²) in [6.07, 6.45) is 0.627. The van der Waals surface area contributed by atoms with Crippen molar-refractivity contribution in [1.82, 2.24) is 16.2 Å². The Hall–Kier alpha value is -2.85. The van der Waals surface area contributed by atoms with E-state index in [0.29, 0.717) is 29.0 Å². The van der Waals surface area contributed by atoms with Gasteiger partial charge in [-0.1, -0.05) is 35.9 Å². The van der Waals surface area contributed by atoms with Crippen molar-refractivity contribution in [2.75, 3.05) is 0 Å². The summed E-state index contributed by atoms with van der Waals surface area (Å²) in [5.74, 6) is -2.01. The molecule has 4 atom stereocenters. The highest BCUT2D eigenvalue weighted by Crippen LogP contribution is 2.26. The number of carbonyl (C=O) groups is 3. The van der Waals surface area contributed by atoms with Crippen LogP contribution >= 0.6 is 11.6 Å². The van der Waals surface area contributed by atoms with Crippen molar-refractivity contribution in [3.05, 3.63) is 58.9 Å². The number of hydrogen-bond acceptors (Lipinski definition) is 6. The summed E-state index contributed by atoms with van der Waals surface area (Å²) in [7, 11) is 0. The first-order chi connectivity index (χ1) is 15.6. The van der Waals surface area contributed by atoms with Gasteiger partial charge in [-0.3, -0.25) is 14.4 Å². The number of carboxylic acids is 1. The van der Waals surface area contributed by atoms with Crippen LogP contribution < -0.4 is 21.9 Å². The molecule has 3 rings (SSSR count). The second-order valence-corrected chi connectivity index (χ2v) is 8.59. The molecule has 0 aromatic heterocycles. The van der Waals surface area contributed by atoms with E-state index in [9.17, 15) is 23.9 Å². The van der Waals surface area contributed by atoms with Crippen LogP contribution in [0, 0.1) is 5.82 Å². The molecule has 0 spiro atoms. The highest BCUT2D eigenvalue weighted by atomic mass is 35.5. The zero-order valence-corrected chi connectivity index (χ0v) is 18.7. The molecule has 176 valence electrons. The predicted molar refractivity (Wildman–Crippen MR) is 122 cm³/mol. The first kappa shape index (κ1) is 24.8. The van der Waals surface area contributed by atoms with E-state index >= 15 is 0 Å². The number of hydrogen-bond donors (Lipinski definition) is 5. The quantitative estimate of drug-likeness (QED) is 0.372. The van der Waals surface area contributed by atoms with Gasteiger partial charge < -0.3 is 16.2 Å². The second kappa shape index (κ2) is 10.8. The Labute approximate surface area is 195 Å². The SMILES string of the molecule is CC(=O)C1CC(C(=O)N[C@H](Cc2ccc(-c3cc(Cl)ccc3F)cc2)C[C@@H](N)C(=O)O)NN1. The van der Waals surface area contributed by atoms with E-state index in [2.05, 4.69) is 16.2 Å². The van der Waals surface area contributed by atoms with Crippen LogP contribution in [-0.4, -0.2) is 46.9 Å². The van der Waals surface area contributed by atoms with Crippen molar-refractivity contribution in [3.63, 3.8) is 0 Å². The fourth-order valence-electron chi connectivity index (χ4n) is 3.72. The maximum absolute atomic E-state index is 14.1. The van der Waals surface area contributed by atoms with E-state index in [1.54, 1.807) is 24.3 Å². The molecule has 10 heteroatoms. The first-order valence-corrected chi connectivity index (χ1v) is 10.9. The van der Waals surface area contributed by atoms with Crippen LogP contribution in [0.3, 0.4) is 0 Å².